The number of H-pyrrole nitrogens is 1. The minimum absolute atomic E-state index is 0.0301. The molecule has 302 valence electrons. The minimum Gasteiger partial charge on any atom is -0.494 e. The van der Waals surface area contributed by atoms with E-state index in [0.29, 0.717) is 56.2 Å². The summed E-state index contributed by atoms with van der Waals surface area (Å²) in [5, 5.41) is 0.363. The maximum Gasteiger partial charge on any atom is 0.307 e. The lowest BCUT2D eigenvalue weighted by Gasteiger charge is -2.29. The van der Waals surface area contributed by atoms with Gasteiger partial charge in [-0.15, -0.1) is 0 Å². The number of rotatable bonds is 18. The standard InChI is InChI=1S/C42H45F3N4O7S/c1-8-55-38(50)22-30(23-39(51)56-9-2)48(3)28-13-10-25(11-14-28)27-18-33(44)31(34(45)19-27)24-57-42-46-40(26-12-16-32(43)36(20-26)53-6)41(47-42)49(4)29-15-17-35(52-5)37(21-29)54-7/h10-21,30H,8-9,22-24H2,1-7H3,(H,46,47). The van der Waals surface area contributed by atoms with Gasteiger partial charge in [0.05, 0.1) is 47.4 Å². The van der Waals surface area contributed by atoms with E-state index < -0.39 is 35.4 Å². The summed E-state index contributed by atoms with van der Waals surface area (Å²) in [6.07, 6.45) is -0.0615. The Balaban J connectivity index is 1.38. The zero-order valence-corrected chi connectivity index (χ0v) is 33.6. The molecule has 15 heteroatoms. The summed E-state index contributed by atoms with van der Waals surface area (Å²) in [5.74, 6) is -1.38. The highest BCUT2D eigenvalue weighted by atomic mass is 32.2. The summed E-state index contributed by atoms with van der Waals surface area (Å²) in [4.78, 5) is 36.3. The fourth-order valence-corrected chi connectivity index (χ4v) is 7.03. The first-order valence-corrected chi connectivity index (χ1v) is 19.0. The molecule has 0 unspecified atom stereocenters. The summed E-state index contributed by atoms with van der Waals surface area (Å²) in [6.45, 7) is 3.84. The van der Waals surface area contributed by atoms with Gasteiger partial charge in [-0.2, -0.15) is 0 Å². The molecule has 0 spiro atoms. The molecule has 57 heavy (non-hydrogen) atoms. The van der Waals surface area contributed by atoms with Crippen LogP contribution >= 0.6 is 11.8 Å². The van der Waals surface area contributed by atoms with Crippen molar-refractivity contribution in [3.63, 3.8) is 0 Å². The highest BCUT2D eigenvalue weighted by molar-refractivity contribution is 7.98. The summed E-state index contributed by atoms with van der Waals surface area (Å²) in [5.41, 5.74) is 3.13. The lowest BCUT2D eigenvalue weighted by atomic mass is 10.0. The number of carbonyl (C=O) groups excluding carboxylic acids is 2. The van der Waals surface area contributed by atoms with Crippen molar-refractivity contribution in [2.45, 2.75) is 43.6 Å². The van der Waals surface area contributed by atoms with E-state index in [-0.39, 0.29) is 43.1 Å². The number of halogens is 3. The lowest BCUT2D eigenvalue weighted by Crippen LogP contribution is -2.36. The van der Waals surface area contributed by atoms with Crippen molar-refractivity contribution in [1.82, 2.24) is 9.97 Å². The lowest BCUT2D eigenvalue weighted by molar-refractivity contribution is -0.145. The molecule has 0 bridgehead atoms. The molecule has 0 fully saturated rings. The highest BCUT2D eigenvalue weighted by Crippen LogP contribution is 2.40. The molecule has 0 saturated carbocycles. The number of anilines is 3. The van der Waals surface area contributed by atoms with Gasteiger partial charge >= 0.3 is 11.9 Å². The van der Waals surface area contributed by atoms with E-state index in [4.69, 9.17) is 28.7 Å². The second-order valence-electron chi connectivity index (χ2n) is 12.7. The number of esters is 2. The number of aromatic amines is 1. The third-order valence-electron chi connectivity index (χ3n) is 9.24. The fourth-order valence-electron chi connectivity index (χ4n) is 6.14. The van der Waals surface area contributed by atoms with Crippen LogP contribution in [0.1, 0.15) is 32.3 Å². The molecule has 0 radical (unpaired) electrons. The van der Waals surface area contributed by atoms with Crippen LogP contribution in [0.3, 0.4) is 0 Å². The van der Waals surface area contributed by atoms with E-state index in [0.717, 1.165) is 11.8 Å². The van der Waals surface area contributed by atoms with Gasteiger partial charge in [-0.05, 0) is 79.6 Å². The molecule has 0 aliphatic heterocycles. The van der Waals surface area contributed by atoms with E-state index in [9.17, 15) is 14.0 Å². The summed E-state index contributed by atoms with van der Waals surface area (Å²) < 4.78 is 72.0. The number of methoxy groups -OCH3 is 3. The molecule has 0 amide bonds. The zero-order valence-electron chi connectivity index (χ0n) is 32.8. The van der Waals surface area contributed by atoms with Gasteiger partial charge in [-0.25, -0.2) is 18.2 Å². The quantitative estimate of drug-likeness (QED) is 0.0676. The molecule has 5 aromatic rings. The molecule has 0 aliphatic rings. The van der Waals surface area contributed by atoms with Crippen molar-refractivity contribution < 1.29 is 46.4 Å². The Bertz CT molecular complexity index is 2140. The Hall–Kier alpha value is -5.83. The number of imidazole rings is 1. The third kappa shape index (κ3) is 10.1. The summed E-state index contributed by atoms with van der Waals surface area (Å²) in [7, 11) is 8.00. The molecular formula is C42H45F3N4O7S. The Kier molecular flexibility index (Phi) is 14.4. The minimum atomic E-state index is -0.736. The average molecular weight is 807 g/mol. The van der Waals surface area contributed by atoms with Gasteiger partial charge in [-0.1, -0.05) is 23.9 Å². The van der Waals surface area contributed by atoms with Gasteiger partial charge < -0.3 is 38.5 Å². The Morgan fingerprint density at radius 1 is 0.702 bits per heavy atom. The Morgan fingerprint density at radius 3 is 1.86 bits per heavy atom. The maximum absolute atomic E-state index is 15.7. The fraction of sp³-hybridized carbons (Fsp3) is 0.310. The molecule has 11 nitrogen and oxygen atoms in total. The van der Waals surface area contributed by atoms with E-state index >= 15 is 8.78 Å². The molecule has 1 N–H and O–H groups in total. The van der Waals surface area contributed by atoms with Crippen molar-refractivity contribution in [3.05, 3.63) is 95.8 Å². The van der Waals surface area contributed by atoms with Crippen LogP contribution in [0.15, 0.2) is 78.0 Å². The normalized spacial score (nSPS) is 11.0. The molecule has 0 saturated heterocycles. The number of hydrogen-bond donors (Lipinski definition) is 1. The van der Waals surface area contributed by atoms with Crippen LogP contribution < -0.4 is 24.0 Å². The Labute approximate surface area is 334 Å². The van der Waals surface area contributed by atoms with Gasteiger partial charge in [-0.3, -0.25) is 9.59 Å². The van der Waals surface area contributed by atoms with Crippen LogP contribution in [-0.2, 0) is 24.8 Å². The number of carbonyl (C=O) groups is 2. The predicted octanol–water partition coefficient (Wildman–Crippen LogP) is 8.96. The topological polar surface area (TPSA) is 115 Å². The van der Waals surface area contributed by atoms with E-state index in [2.05, 4.69) is 4.98 Å². The average Bonchev–Trinajstić information content (AvgIpc) is 3.64. The van der Waals surface area contributed by atoms with Crippen LogP contribution in [-0.4, -0.2) is 76.6 Å². The zero-order chi connectivity index (χ0) is 41.2. The number of aromatic nitrogens is 2. The highest BCUT2D eigenvalue weighted by Gasteiger charge is 2.25. The van der Waals surface area contributed by atoms with Crippen molar-refractivity contribution in [2.75, 3.05) is 58.4 Å². The number of benzene rings is 4. The third-order valence-corrected chi connectivity index (χ3v) is 10.1. The molecule has 1 aromatic heterocycles. The van der Waals surface area contributed by atoms with Crippen LogP contribution in [0.5, 0.6) is 17.2 Å². The monoisotopic (exact) mass is 806 g/mol. The molecule has 0 atom stereocenters. The van der Waals surface area contributed by atoms with Crippen molar-refractivity contribution in [3.8, 4) is 39.6 Å². The van der Waals surface area contributed by atoms with Crippen LogP contribution in [0.4, 0.5) is 30.4 Å². The van der Waals surface area contributed by atoms with Crippen molar-refractivity contribution in [1.29, 1.82) is 0 Å². The SMILES string of the molecule is CCOC(=O)CC(CC(=O)OCC)N(C)c1ccc(-c2cc(F)c(CSc3nc(-c4ccc(F)c(OC)c4)c(N(C)c4ccc(OC)c(OC)c4)[nH]3)c(F)c2)cc1. The van der Waals surface area contributed by atoms with Crippen LogP contribution in [0.25, 0.3) is 22.4 Å². The van der Waals surface area contributed by atoms with E-state index in [1.807, 2.05) is 11.0 Å². The summed E-state index contributed by atoms with van der Waals surface area (Å²) in [6, 6.07) is 18.7. The van der Waals surface area contributed by atoms with Gasteiger partial charge in [0.2, 0.25) is 0 Å². The molecule has 0 aliphatic carbocycles. The molecular weight excluding hydrogens is 762 g/mol. The first kappa shape index (κ1) is 42.3. The second-order valence-corrected chi connectivity index (χ2v) is 13.7. The van der Waals surface area contributed by atoms with Crippen LogP contribution in [0, 0.1) is 17.5 Å². The van der Waals surface area contributed by atoms with Gasteiger partial charge in [0.25, 0.3) is 0 Å². The van der Waals surface area contributed by atoms with Crippen molar-refractivity contribution in [2.24, 2.45) is 0 Å². The molecule has 4 aromatic carbocycles. The van der Waals surface area contributed by atoms with Gasteiger partial charge in [0.15, 0.2) is 28.2 Å². The van der Waals surface area contributed by atoms with Crippen LogP contribution in [0.2, 0.25) is 0 Å². The van der Waals surface area contributed by atoms with Crippen molar-refractivity contribution >= 4 is 40.9 Å². The second kappa shape index (κ2) is 19.4. The number of nitrogens with zero attached hydrogens (tertiary/aromatic N) is 3. The number of ether oxygens (including phenoxy) is 5. The largest absolute Gasteiger partial charge is 0.494 e. The Morgan fingerprint density at radius 2 is 1.28 bits per heavy atom. The van der Waals surface area contributed by atoms with Gasteiger partial charge in [0, 0.05) is 54.5 Å². The number of hydrogen-bond acceptors (Lipinski definition) is 11. The smallest absolute Gasteiger partial charge is 0.307 e. The molecule has 5 rings (SSSR count). The first-order chi connectivity index (χ1) is 27.4. The number of thioether (sulfide) groups is 1. The first-order valence-electron chi connectivity index (χ1n) is 18.1. The maximum atomic E-state index is 15.7. The predicted molar refractivity (Wildman–Crippen MR) is 214 cm³/mol. The van der Waals surface area contributed by atoms with Gasteiger partial charge in [0.1, 0.15) is 23.1 Å². The summed E-state index contributed by atoms with van der Waals surface area (Å²) >= 11 is 1.10. The number of nitrogens with one attached hydrogen (secondary N) is 1. The molecule has 1 heterocycles. The van der Waals surface area contributed by atoms with E-state index in [1.165, 1.54) is 38.5 Å². The van der Waals surface area contributed by atoms with E-state index in [1.54, 1.807) is 82.4 Å².